The summed E-state index contributed by atoms with van der Waals surface area (Å²) in [5.41, 5.74) is 0.422. The number of carbonyl (C=O) groups excluding carboxylic acids is 1. The Morgan fingerprint density at radius 2 is 2.07 bits per heavy atom. The molecule has 1 aliphatic rings. The lowest BCUT2D eigenvalue weighted by atomic mass is 10.1. The SMILES string of the molecule is O=C(c1ccccn1)N1CCC(c2nc(-c3ccc[nH]c3=O)cc(=O)[nH]2)C1. The minimum atomic E-state index is -0.326. The van der Waals surface area contributed by atoms with Crippen LogP contribution < -0.4 is 11.1 Å². The third kappa shape index (κ3) is 3.41. The van der Waals surface area contributed by atoms with Crippen LogP contribution in [0, 0.1) is 0 Å². The van der Waals surface area contributed by atoms with Crippen molar-refractivity contribution in [3.63, 3.8) is 0 Å². The van der Waals surface area contributed by atoms with Crippen molar-refractivity contribution in [2.45, 2.75) is 12.3 Å². The van der Waals surface area contributed by atoms with Crippen LogP contribution in [0.25, 0.3) is 11.3 Å². The van der Waals surface area contributed by atoms with Crippen molar-refractivity contribution in [2.24, 2.45) is 0 Å². The van der Waals surface area contributed by atoms with E-state index in [0.29, 0.717) is 42.3 Å². The fourth-order valence-corrected chi connectivity index (χ4v) is 3.25. The molecular formula is C19H17N5O3. The van der Waals surface area contributed by atoms with E-state index in [1.165, 1.54) is 12.3 Å². The number of amides is 1. The summed E-state index contributed by atoms with van der Waals surface area (Å²) in [6.45, 7) is 0.993. The maximum absolute atomic E-state index is 12.5. The number of aromatic nitrogens is 4. The van der Waals surface area contributed by atoms with Gasteiger partial charge in [0.05, 0.1) is 11.3 Å². The van der Waals surface area contributed by atoms with E-state index < -0.39 is 0 Å². The van der Waals surface area contributed by atoms with Gasteiger partial charge in [-0.2, -0.15) is 0 Å². The molecule has 1 amide bonds. The van der Waals surface area contributed by atoms with Gasteiger partial charge in [0.15, 0.2) is 0 Å². The van der Waals surface area contributed by atoms with Gasteiger partial charge in [0.2, 0.25) is 0 Å². The number of rotatable bonds is 3. The number of nitrogens with zero attached hydrogens (tertiary/aromatic N) is 3. The van der Waals surface area contributed by atoms with Crippen molar-refractivity contribution >= 4 is 5.91 Å². The Balaban J connectivity index is 1.60. The van der Waals surface area contributed by atoms with Crippen molar-refractivity contribution in [1.82, 2.24) is 24.8 Å². The van der Waals surface area contributed by atoms with Crippen LogP contribution in [0.5, 0.6) is 0 Å². The summed E-state index contributed by atoms with van der Waals surface area (Å²) < 4.78 is 0. The van der Waals surface area contributed by atoms with Gasteiger partial charge in [0.25, 0.3) is 17.0 Å². The number of H-pyrrole nitrogens is 2. The summed E-state index contributed by atoms with van der Waals surface area (Å²) in [5, 5.41) is 0. The molecule has 1 unspecified atom stereocenters. The third-order valence-electron chi connectivity index (χ3n) is 4.60. The molecule has 8 heteroatoms. The molecule has 1 atom stereocenters. The highest BCUT2D eigenvalue weighted by Gasteiger charge is 2.30. The van der Waals surface area contributed by atoms with Crippen LogP contribution in [0.2, 0.25) is 0 Å². The molecule has 0 saturated carbocycles. The Bertz CT molecular complexity index is 1090. The maximum atomic E-state index is 12.5. The topological polar surface area (TPSA) is 112 Å². The second-order valence-corrected chi connectivity index (χ2v) is 6.38. The first-order chi connectivity index (χ1) is 13.1. The Morgan fingerprint density at radius 1 is 1.19 bits per heavy atom. The zero-order chi connectivity index (χ0) is 18.8. The van der Waals surface area contributed by atoms with Crippen LogP contribution >= 0.6 is 0 Å². The highest BCUT2D eigenvalue weighted by molar-refractivity contribution is 5.92. The highest BCUT2D eigenvalue weighted by Crippen LogP contribution is 2.26. The average molecular weight is 363 g/mol. The second kappa shape index (κ2) is 6.99. The van der Waals surface area contributed by atoms with E-state index in [0.717, 1.165) is 0 Å². The Kier molecular flexibility index (Phi) is 4.37. The number of hydrogen-bond donors (Lipinski definition) is 2. The van der Waals surface area contributed by atoms with Crippen molar-refractivity contribution in [2.75, 3.05) is 13.1 Å². The van der Waals surface area contributed by atoms with Gasteiger partial charge in [0, 0.05) is 37.5 Å². The number of nitrogens with one attached hydrogen (secondary N) is 2. The predicted octanol–water partition coefficient (Wildman–Crippen LogP) is 1.15. The minimum absolute atomic E-state index is 0.104. The predicted molar refractivity (Wildman–Crippen MR) is 98.4 cm³/mol. The standard InChI is InChI=1S/C19H17N5O3/c25-16-10-15(13-4-3-8-21-18(13)26)22-17(23-16)12-6-9-24(11-12)19(27)14-5-1-2-7-20-14/h1-5,7-8,10,12H,6,9,11H2,(H,21,26)(H,22,23,25). The van der Waals surface area contributed by atoms with Crippen molar-refractivity contribution in [1.29, 1.82) is 0 Å². The number of pyridine rings is 2. The molecular weight excluding hydrogens is 346 g/mol. The normalized spacial score (nSPS) is 16.4. The number of hydrogen-bond acceptors (Lipinski definition) is 5. The maximum Gasteiger partial charge on any atom is 0.272 e. The molecule has 3 aromatic heterocycles. The fourth-order valence-electron chi connectivity index (χ4n) is 3.25. The van der Waals surface area contributed by atoms with Crippen molar-refractivity contribution in [3.05, 3.63) is 81.0 Å². The van der Waals surface area contributed by atoms with Gasteiger partial charge in [0.1, 0.15) is 11.5 Å². The Morgan fingerprint density at radius 3 is 2.85 bits per heavy atom. The van der Waals surface area contributed by atoms with Crippen LogP contribution in [-0.4, -0.2) is 43.8 Å². The molecule has 0 aliphatic carbocycles. The smallest absolute Gasteiger partial charge is 0.272 e. The lowest BCUT2D eigenvalue weighted by Gasteiger charge is -2.16. The van der Waals surface area contributed by atoms with Gasteiger partial charge < -0.3 is 14.9 Å². The Labute approximate surface area is 153 Å². The first-order valence-electron chi connectivity index (χ1n) is 8.61. The Hall–Kier alpha value is -3.55. The highest BCUT2D eigenvalue weighted by atomic mass is 16.2. The fraction of sp³-hybridized carbons (Fsp3) is 0.211. The first-order valence-corrected chi connectivity index (χ1v) is 8.61. The molecule has 0 spiro atoms. The summed E-state index contributed by atoms with van der Waals surface area (Å²) in [4.78, 5) is 52.2. The molecule has 8 nitrogen and oxygen atoms in total. The lowest BCUT2D eigenvalue weighted by molar-refractivity contribution is 0.0784. The van der Waals surface area contributed by atoms with Gasteiger partial charge in [-0.15, -0.1) is 0 Å². The molecule has 27 heavy (non-hydrogen) atoms. The molecule has 0 aromatic carbocycles. The zero-order valence-electron chi connectivity index (χ0n) is 14.4. The summed E-state index contributed by atoms with van der Waals surface area (Å²) >= 11 is 0. The van der Waals surface area contributed by atoms with Gasteiger partial charge in [-0.05, 0) is 30.7 Å². The molecule has 4 rings (SSSR count). The summed E-state index contributed by atoms with van der Waals surface area (Å²) in [6.07, 6.45) is 3.79. The number of carbonyl (C=O) groups is 1. The zero-order valence-corrected chi connectivity index (χ0v) is 14.4. The number of likely N-dealkylation sites (tertiary alicyclic amines) is 1. The minimum Gasteiger partial charge on any atom is -0.337 e. The first kappa shape index (κ1) is 16.9. The summed E-state index contributed by atoms with van der Waals surface area (Å²) in [5.74, 6) is 0.237. The van der Waals surface area contributed by atoms with E-state index in [9.17, 15) is 14.4 Å². The molecule has 136 valence electrons. The molecule has 0 bridgehead atoms. The second-order valence-electron chi connectivity index (χ2n) is 6.38. The van der Waals surface area contributed by atoms with E-state index >= 15 is 0 Å². The van der Waals surface area contributed by atoms with Gasteiger partial charge >= 0.3 is 0 Å². The van der Waals surface area contributed by atoms with E-state index in [-0.39, 0.29) is 22.9 Å². The average Bonchev–Trinajstić information content (AvgIpc) is 3.18. The van der Waals surface area contributed by atoms with Crippen LogP contribution in [0.3, 0.4) is 0 Å². The third-order valence-corrected chi connectivity index (χ3v) is 4.60. The van der Waals surface area contributed by atoms with Crippen molar-refractivity contribution in [3.8, 4) is 11.3 Å². The molecule has 3 aromatic rings. The van der Waals surface area contributed by atoms with Gasteiger partial charge in [-0.3, -0.25) is 19.4 Å². The molecule has 2 N–H and O–H groups in total. The van der Waals surface area contributed by atoms with Crippen LogP contribution in [0.15, 0.2) is 58.4 Å². The van der Waals surface area contributed by atoms with Gasteiger partial charge in [-0.25, -0.2) is 4.98 Å². The van der Waals surface area contributed by atoms with Crippen LogP contribution in [0.1, 0.15) is 28.7 Å². The quantitative estimate of drug-likeness (QED) is 0.725. The van der Waals surface area contributed by atoms with Crippen LogP contribution in [0.4, 0.5) is 0 Å². The molecule has 1 fully saturated rings. The monoisotopic (exact) mass is 363 g/mol. The molecule has 1 aliphatic heterocycles. The summed E-state index contributed by atoms with van der Waals surface area (Å²) in [7, 11) is 0. The van der Waals surface area contributed by atoms with E-state index in [4.69, 9.17) is 0 Å². The summed E-state index contributed by atoms with van der Waals surface area (Å²) in [6, 6.07) is 9.82. The number of aromatic amines is 2. The van der Waals surface area contributed by atoms with Crippen molar-refractivity contribution < 1.29 is 4.79 Å². The van der Waals surface area contributed by atoms with Crippen LogP contribution in [-0.2, 0) is 0 Å². The molecule has 0 radical (unpaired) electrons. The largest absolute Gasteiger partial charge is 0.337 e. The van der Waals surface area contributed by atoms with E-state index in [1.54, 1.807) is 41.4 Å². The lowest BCUT2D eigenvalue weighted by Crippen LogP contribution is -2.29. The molecule has 1 saturated heterocycles. The molecule has 4 heterocycles. The van der Waals surface area contributed by atoms with E-state index in [1.807, 2.05) is 0 Å². The van der Waals surface area contributed by atoms with Gasteiger partial charge in [-0.1, -0.05) is 6.07 Å². The van der Waals surface area contributed by atoms with E-state index in [2.05, 4.69) is 19.9 Å².